The standard InChI is InChI=1S/C15H16N2O3/c1-3-12-10(2)9-13(20-12)15(18)17-7-8-19-14-11(17)5-4-6-16-14/h4-6,9H,3,7-8H2,1-2H3. The third-order valence-electron chi connectivity index (χ3n) is 3.39. The molecule has 5 heteroatoms. The molecule has 2 aromatic rings. The molecule has 3 rings (SSSR count). The molecule has 0 saturated carbocycles. The topological polar surface area (TPSA) is 55.6 Å². The first-order valence-electron chi connectivity index (χ1n) is 6.69. The minimum atomic E-state index is -0.148. The summed E-state index contributed by atoms with van der Waals surface area (Å²) in [6.45, 7) is 4.90. The van der Waals surface area contributed by atoms with Gasteiger partial charge in [-0.3, -0.25) is 9.69 Å². The summed E-state index contributed by atoms with van der Waals surface area (Å²) in [5.41, 5.74) is 1.70. The molecule has 1 aliphatic rings. The molecular weight excluding hydrogens is 256 g/mol. The number of amides is 1. The second kappa shape index (κ2) is 5.00. The van der Waals surface area contributed by atoms with Crippen LogP contribution in [0.2, 0.25) is 0 Å². The Bertz CT molecular complexity index is 648. The highest BCUT2D eigenvalue weighted by molar-refractivity contribution is 6.05. The van der Waals surface area contributed by atoms with Crippen molar-refractivity contribution in [3.05, 3.63) is 41.5 Å². The Balaban J connectivity index is 1.95. The van der Waals surface area contributed by atoms with Crippen LogP contribution in [0.3, 0.4) is 0 Å². The summed E-state index contributed by atoms with van der Waals surface area (Å²) in [5, 5.41) is 0. The number of nitrogens with zero attached hydrogens (tertiary/aromatic N) is 2. The summed E-state index contributed by atoms with van der Waals surface area (Å²) in [5.74, 6) is 1.57. The van der Waals surface area contributed by atoms with Crippen LogP contribution in [0.1, 0.15) is 28.8 Å². The number of furan rings is 1. The van der Waals surface area contributed by atoms with Gasteiger partial charge >= 0.3 is 0 Å². The molecule has 1 aliphatic heterocycles. The predicted molar refractivity (Wildman–Crippen MR) is 74.2 cm³/mol. The van der Waals surface area contributed by atoms with Gasteiger partial charge in [-0.05, 0) is 30.7 Å². The van der Waals surface area contributed by atoms with E-state index in [1.54, 1.807) is 23.2 Å². The number of hydrogen-bond donors (Lipinski definition) is 0. The van der Waals surface area contributed by atoms with Crippen LogP contribution >= 0.6 is 0 Å². The molecule has 0 aromatic carbocycles. The van der Waals surface area contributed by atoms with Gasteiger partial charge in [0.2, 0.25) is 5.88 Å². The van der Waals surface area contributed by atoms with Crippen molar-refractivity contribution in [1.29, 1.82) is 0 Å². The molecule has 0 radical (unpaired) electrons. The number of carbonyl (C=O) groups is 1. The van der Waals surface area contributed by atoms with E-state index in [9.17, 15) is 4.79 Å². The zero-order chi connectivity index (χ0) is 14.1. The van der Waals surface area contributed by atoms with E-state index in [-0.39, 0.29) is 5.91 Å². The fourth-order valence-electron chi connectivity index (χ4n) is 2.37. The SMILES string of the molecule is CCc1oc(C(=O)N2CCOc3ncccc32)cc1C. The Morgan fingerprint density at radius 3 is 3.10 bits per heavy atom. The smallest absolute Gasteiger partial charge is 0.294 e. The lowest BCUT2D eigenvalue weighted by Gasteiger charge is -2.27. The highest BCUT2D eigenvalue weighted by Crippen LogP contribution is 2.30. The minimum Gasteiger partial charge on any atom is -0.474 e. The summed E-state index contributed by atoms with van der Waals surface area (Å²) in [4.78, 5) is 18.4. The van der Waals surface area contributed by atoms with Gasteiger partial charge in [-0.25, -0.2) is 4.98 Å². The molecule has 0 bridgehead atoms. The predicted octanol–water partition coefficient (Wildman–Crippen LogP) is 2.58. The maximum atomic E-state index is 12.6. The zero-order valence-electron chi connectivity index (χ0n) is 11.5. The molecule has 0 aliphatic carbocycles. The van der Waals surface area contributed by atoms with E-state index < -0.39 is 0 Å². The number of aryl methyl sites for hydroxylation is 2. The van der Waals surface area contributed by atoms with E-state index in [4.69, 9.17) is 9.15 Å². The van der Waals surface area contributed by atoms with Crippen molar-refractivity contribution in [2.24, 2.45) is 0 Å². The molecule has 104 valence electrons. The quantitative estimate of drug-likeness (QED) is 0.843. The molecule has 0 spiro atoms. The number of pyridine rings is 1. The van der Waals surface area contributed by atoms with Crippen LogP contribution in [0.25, 0.3) is 0 Å². The van der Waals surface area contributed by atoms with Crippen LogP contribution < -0.4 is 9.64 Å². The fourth-order valence-corrected chi connectivity index (χ4v) is 2.37. The van der Waals surface area contributed by atoms with Crippen LogP contribution in [-0.2, 0) is 6.42 Å². The molecule has 0 saturated heterocycles. The summed E-state index contributed by atoms with van der Waals surface area (Å²) < 4.78 is 11.1. The maximum absolute atomic E-state index is 12.6. The molecule has 0 unspecified atom stereocenters. The monoisotopic (exact) mass is 272 g/mol. The van der Waals surface area contributed by atoms with Crippen LogP contribution in [0.5, 0.6) is 5.88 Å². The molecule has 1 amide bonds. The average molecular weight is 272 g/mol. The number of rotatable bonds is 2. The van der Waals surface area contributed by atoms with E-state index >= 15 is 0 Å². The van der Waals surface area contributed by atoms with Crippen LogP contribution in [0.4, 0.5) is 5.69 Å². The molecule has 0 fully saturated rings. The molecule has 2 aromatic heterocycles. The summed E-state index contributed by atoms with van der Waals surface area (Å²) in [6, 6.07) is 5.42. The number of anilines is 1. The molecular formula is C15H16N2O3. The number of carbonyl (C=O) groups excluding carboxylic acids is 1. The van der Waals surface area contributed by atoms with Crippen molar-refractivity contribution in [3.63, 3.8) is 0 Å². The van der Waals surface area contributed by atoms with E-state index in [2.05, 4.69) is 4.98 Å². The lowest BCUT2D eigenvalue weighted by molar-refractivity contribution is 0.0947. The van der Waals surface area contributed by atoms with Crippen molar-refractivity contribution in [2.45, 2.75) is 20.3 Å². The van der Waals surface area contributed by atoms with E-state index in [1.165, 1.54) is 0 Å². The third-order valence-corrected chi connectivity index (χ3v) is 3.39. The van der Waals surface area contributed by atoms with Crippen molar-refractivity contribution in [1.82, 2.24) is 4.98 Å². The molecule has 3 heterocycles. The van der Waals surface area contributed by atoms with Gasteiger partial charge in [-0.1, -0.05) is 6.92 Å². The third kappa shape index (κ3) is 2.05. The van der Waals surface area contributed by atoms with Gasteiger partial charge in [0.15, 0.2) is 5.76 Å². The van der Waals surface area contributed by atoms with Crippen molar-refractivity contribution in [2.75, 3.05) is 18.1 Å². The Labute approximate surface area is 117 Å². The van der Waals surface area contributed by atoms with Crippen LogP contribution in [-0.4, -0.2) is 24.0 Å². The fraction of sp³-hybridized carbons (Fsp3) is 0.333. The number of aromatic nitrogens is 1. The Kier molecular flexibility index (Phi) is 3.18. The summed E-state index contributed by atoms with van der Waals surface area (Å²) in [7, 11) is 0. The maximum Gasteiger partial charge on any atom is 0.294 e. The number of fused-ring (bicyclic) bond motifs is 1. The van der Waals surface area contributed by atoms with Gasteiger partial charge in [0.25, 0.3) is 5.91 Å². The highest BCUT2D eigenvalue weighted by Gasteiger charge is 2.27. The largest absolute Gasteiger partial charge is 0.474 e. The average Bonchev–Trinajstić information content (AvgIpc) is 2.87. The van der Waals surface area contributed by atoms with Crippen LogP contribution in [0.15, 0.2) is 28.8 Å². The van der Waals surface area contributed by atoms with Gasteiger partial charge in [-0.2, -0.15) is 0 Å². The Morgan fingerprint density at radius 2 is 2.35 bits per heavy atom. The van der Waals surface area contributed by atoms with Crippen molar-refractivity contribution < 1.29 is 13.9 Å². The molecule has 0 atom stereocenters. The molecule has 5 nitrogen and oxygen atoms in total. The van der Waals surface area contributed by atoms with Gasteiger partial charge in [0.1, 0.15) is 18.1 Å². The Morgan fingerprint density at radius 1 is 1.50 bits per heavy atom. The summed E-state index contributed by atoms with van der Waals surface area (Å²) >= 11 is 0. The van der Waals surface area contributed by atoms with Gasteiger partial charge in [-0.15, -0.1) is 0 Å². The molecule has 20 heavy (non-hydrogen) atoms. The Hall–Kier alpha value is -2.30. The van der Waals surface area contributed by atoms with Crippen molar-refractivity contribution in [3.8, 4) is 5.88 Å². The van der Waals surface area contributed by atoms with Gasteiger partial charge in [0.05, 0.1) is 6.54 Å². The normalized spacial score (nSPS) is 13.8. The van der Waals surface area contributed by atoms with E-state index in [0.717, 1.165) is 17.7 Å². The van der Waals surface area contributed by atoms with Gasteiger partial charge < -0.3 is 9.15 Å². The zero-order valence-corrected chi connectivity index (χ0v) is 11.5. The first-order chi connectivity index (χ1) is 9.70. The minimum absolute atomic E-state index is 0.148. The van der Waals surface area contributed by atoms with E-state index in [1.807, 2.05) is 19.9 Å². The second-order valence-electron chi connectivity index (χ2n) is 4.70. The molecule has 0 N–H and O–H groups in total. The van der Waals surface area contributed by atoms with Crippen LogP contribution in [0, 0.1) is 6.92 Å². The second-order valence-corrected chi connectivity index (χ2v) is 4.70. The summed E-state index contributed by atoms with van der Waals surface area (Å²) in [6.07, 6.45) is 2.43. The first-order valence-corrected chi connectivity index (χ1v) is 6.69. The first kappa shape index (κ1) is 12.7. The number of ether oxygens (including phenoxy) is 1. The van der Waals surface area contributed by atoms with E-state index in [0.29, 0.717) is 30.5 Å². The van der Waals surface area contributed by atoms with Crippen molar-refractivity contribution >= 4 is 11.6 Å². The number of hydrogen-bond acceptors (Lipinski definition) is 4. The lowest BCUT2D eigenvalue weighted by atomic mass is 10.2. The lowest BCUT2D eigenvalue weighted by Crippen LogP contribution is -2.38. The highest BCUT2D eigenvalue weighted by atomic mass is 16.5. The van der Waals surface area contributed by atoms with Gasteiger partial charge in [0, 0.05) is 12.6 Å².